The van der Waals surface area contributed by atoms with Crippen molar-refractivity contribution in [2.45, 2.75) is 13.5 Å². The minimum atomic E-state index is 0.691. The van der Waals surface area contributed by atoms with Gasteiger partial charge in [-0.1, -0.05) is 5.92 Å². The van der Waals surface area contributed by atoms with Crippen LogP contribution in [0.3, 0.4) is 0 Å². The molecule has 1 aromatic rings. The summed E-state index contributed by atoms with van der Waals surface area (Å²) in [6.45, 7) is 3.27. The van der Waals surface area contributed by atoms with Crippen LogP contribution in [0.4, 0.5) is 0 Å². The van der Waals surface area contributed by atoms with Crippen molar-refractivity contribution in [3.05, 3.63) is 23.8 Å². The molecule has 3 nitrogen and oxygen atoms in total. The largest absolute Gasteiger partial charge is 0.497 e. The summed E-state index contributed by atoms with van der Waals surface area (Å²) in [5.41, 5.74) is 1.12. The summed E-state index contributed by atoms with van der Waals surface area (Å²) in [4.78, 5) is 0. The molecule has 0 amide bonds. The molecule has 0 heterocycles. The number of hydrogen-bond acceptors (Lipinski definition) is 3. The Morgan fingerprint density at radius 3 is 2.25 bits per heavy atom. The first-order valence-electron chi connectivity index (χ1n) is 5.12. The summed E-state index contributed by atoms with van der Waals surface area (Å²) in [7, 11) is 3.29. The van der Waals surface area contributed by atoms with Gasteiger partial charge in [0.2, 0.25) is 0 Å². The summed E-state index contributed by atoms with van der Waals surface area (Å²) < 4.78 is 10.4. The lowest BCUT2D eigenvalue weighted by Crippen LogP contribution is -2.13. The Morgan fingerprint density at radius 1 is 1.12 bits per heavy atom. The van der Waals surface area contributed by atoms with Crippen LogP contribution >= 0.6 is 0 Å². The quantitative estimate of drug-likeness (QED) is 0.605. The number of nitrogens with one attached hydrogen (secondary N) is 1. The molecule has 0 aromatic heterocycles. The molecular formula is C13H17NO2. The van der Waals surface area contributed by atoms with Gasteiger partial charge in [-0.05, 0) is 24.6 Å². The average molecular weight is 219 g/mol. The van der Waals surface area contributed by atoms with E-state index >= 15 is 0 Å². The topological polar surface area (TPSA) is 30.5 Å². The van der Waals surface area contributed by atoms with E-state index in [4.69, 9.17) is 9.47 Å². The maximum atomic E-state index is 5.19. The van der Waals surface area contributed by atoms with Gasteiger partial charge < -0.3 is 14.8 Å². The van der Waals surface area contributed by atoms with Gasteiger partial charge in [-0.2, -0.15) is 0 Å². The second-order valence-corrected chi connectivity index (χ2v) is 3.25. The molecule has 0 atom stereocenters. The van der Waals surface area contributed by atoms with Crippen LogP contribution in [0.1, 0.15) is 12.5 Å². The molecule has 0 saturated heterocycles. The number of rotatable bonds is 5. The first-order chi connectivity index (χ1) is 7.80. The molecule has 1 N–H and O–H groups in total. The Morgan fingerprint density at radius 2 is 1.75 bits per heavy atom. The Kier molecular flexibility index (Phi) is 5.24. The number of hydrogen-bond donors (Lipinski definition) is 1. The van der Waals surface area contributed by atoms with Gasteiger partial charge in [0.15, 0.2) is 0 Å². The first kappa shape index (κ1) is 12.4. The highest BCUT2D eigenvalue weighted by molar-refractivity contribution is 5.38. The van der Waals surface area contributed by atoms with Crippen LogP contribution in [0.15, 0.2) is 18.2 Å². The van der Waals surface area contributed by atoms with E-state index in [1.54, 1.807) is 14.2 Å². The highest BCUT2D eigenvalue weighted by Crippen LogP contribution is 2.22. The molecule has 16 heavy (non-hydrogen) atoms. The monoisotopic (exact) mass is 219 g/mol. The zero-order valence-electron chi connectivity index (χ0n) is 9.96. The zero-order chi connectivity index (χ0) is 11.8. The van der Waals surface area contributed by atoms with Crippen LogP contribution < -0.4 is 14.8 Å². The lowest BCUT2D eigenvalue weighted by molar-refractivity contribution is 0.393. The number of ether oxygens (including phenoxy) is 2. The van der Waals surface area contributed by atoms with Crippen molar-refractivity contribution >= 4 is 0 Å². The van der Waals surface area contributed by atoms with E-state index in [0.717, 1.165) is 23.6 Å². The average Bonchev–Trinajstić information content (AvgIpc) is 2.34. The molecule has 0 fully saturated rings. The molecular weight excluding hydrogens is 202 g/mol. The molecule has 0 unspecified atom stereocenters. The predicted molar refractivity (Wildman–Crippen MR) is 64.7 cm³/mol. The third-order valence-corrected chi connectivity index (χ3v) is 2.13. The standard InChI is InChI=1S/C13H17NO2/c1-4-5-6-14-10-11-7-12(15-2)9-13(8-11)16-3/h7-9,14H,6,10H2,1-3H3. The van der Waals surface area contributed by atoms with Gasteiger partial charge in [0.1, 0.15) is 11.5 Å². The van der Waals surface area contributed by atoms with Crippen LogP contribution in [-0.2, 0) is 6.54 Å². The fraction of sp³-hybridized carbons (Fsp3) is 0.385. The summed E-state index contributed by atoms with van der Waals surface area (Å²) in [6, 6.07) is 5.82. The molecule has 0 saturated carbocycles. The first-order valence-corrected chi connectivity index (χ1v) is 5.12. The second-order valence-electron chi connectivity index (χ2n) is 3.25. The summed E-state index contributed by atoms with van der Waals surface area (Å²) >= 11 is 0. The van der Waals surface area contributed by atoms with Crippen molar-refractivity contribution in [1.82, 2.24) is 5.32 Å². The van der Waals surface area contributed by atoms with Crippen LogP contribution in [0, 0.1) is 11.8 Å². The van der Waals surface area contributed by atoms with Crippen LogP contribution in [0.2, 0.25) is 0 Å². The highest BCUT2D eigenvalue weighted by atomic mass is 16.5. The molecule has 0 aliphatic carbocycles. The molecule has 86 valence electrons. The van der Waals surface area contributed by atoms with E-state index in [0.29, 0.717) is 6.54 Å². The smallest absolute Gasteiger partial charge is 0.122 e. The molecule has 3 heteroatoms. The van der Waals surface area contributed by atoms with Crippen LogP contribution in [0.5, 0.6) is 11.5 Å². The maximum Gasteiger partial charge on any atom is 0.122 e. The minimum Gasteiger partial charge on any atom is -0.497 e. The fourth-order valence-corrected chi connectivity index (χ4v) is 1.33. The zero-order valence-corrected chi connectivity index (χ0v) is 9.96. The van der Waals surface area contributed by atoms with Crippen molar-refractivity contribution in [3.63, 3.8) is 0 Å². The third kappa shape index (κ3) is 3.84. The van der Waals surface area contributed by atoms with Gasteiger partial charge in [0.05, 0.1) is 20.8 Å². The van der Waals surface area contributed by atoms with E-state index in [2.05, 4.69) is 17.2 Å². The summed E-state index contributed by atoms with van der Waals surface area (Å²) in [5.74, 6) is 7.40. The molecule has 0 radical (unpaired) electrons. The van der Waals surface area contributed by atoms with Gasteiger partial charge in [-0.3, -0.25) is 0 Å². The SMILES string of the molecule is CC#CCNCc1cc(OC)cc(OC)c1. The third-order valence-electron chi connectivity index (χ3n) is 2.13. The van der Waals surface area contributed by atoms with Crippen molar-refractivity contribution in [1.29, 1.82) is 0 Å². The van der Waals surface area contributed by atoms with Crippen molar-refractivity contribution < 1.29 is 9.47 Å². The van der Waals surface area contributed by atoms with Gasteiger partial charge in [-0.15, -0.1) is 5.92 Å². The summed E-state index contributed by atoms with van der Waals surface area (Å²) in [5, 5.41) is 3.22. The van der Waals surface area contributed by atoms with Crippen molar-refractivity contribution in [2.24, 2.45) is 0 Å². The normalized spacial score (nSPS) is 9.19. The molecule has 1 aromatic carbocycles. The minimum absolute atomic E-state index is 0.691. The van der Waals surface area contributed by atoms with Crippen molar-refractivity contribution in [2.75, 3.05) is 20.8 Å². The number of benzene rings is 1. The molecule has 1 rings (SSSR count). The van der Waals surface area contributed by atoms with Gasteiger partial charge in [0.25, 0.3) is 0 Å². The molecule has 0 spiro atoms. The highest BCUT2D eigenvalue weighted by Gasteiger charge is 2.00. The second kappa shape index (κ2) is 6.76. The fourth-order valence-electron chi connectivity index (χ4n) is 1.33. The predicted octanol–water partition coefficient (Wildman–Crippen LogP) is 1.82. The van der Waals surface area contributed by atoms with Gasteiger partial charge in [-0.25, -0.2) is 0 Å². The van der Waals surface area contributed by atoms with E-state index in [1.807, 2.05) is 25.1 Å². The Balaban J connectivity index is 2.66. The van der Waals surface area contributed by atoms with Gasteiger partial charge >= 0.3 is 0 Å². The summed E-state index contributed by atoms with van der Waals surface area (Å²) in [6.07, 6.45) is 0. The lowest BCUT2D eigenvalue weighted by atomic mass is 10.2. The van der Waals surface area contributed by atoms with E-state index in [-0.39, 0.29) is 0 Å². The van der Waals surface area contributed by atoms with E-state index in [9.17, 15) is 0 Å². The van der Waals surface area contributed by atoms with E-state index in [1.165, 1.54) is 0 Å². The van der Waals surface area contributed by atoms with Crippen molar-refractivity contribution in [3.8, 4) is 23.3 Å². The van der Waals surface area contributed by atoms with Crippen LogP contribution in [-0.4, -0.2) is 20.8 Å². The molecule has 0 aliphatic heterocycles. The Labute approximate surface area is 96.8 Å². The lowest BCUT2D eigenvalue weighted by Gasteiger charge is -2.08. The Hall–Kier alpha value is -1.66. The van der Waals surface area contributed by atoms with Crippen LogP contribution in [0.25, 0.3) is 0 Å². The van der Waals surface area contributed by atoms with Gasteiger partial charge in [0, 0.05) is 12.6 Å². The molecule has 0 bridgehead atoms. The molecule has 0 aliphatic rings. The number of methoxy groups -OCH3 is 2. The maximum absolute atomic E-state index is 5.19. The Bertz CT molecular complexity index is 368. The van der Waals surface area contributed by atoms with E-state index < -0.39 is 0 Å².